The van der Waals surface area contributed by atoms with Crippen LogP contribution in [0, 0.1) is 0 Å². The van der Waals surface area contributed by atoms with E-state index < -0.39 is 0 Å². The molecule has 0 saturated carbocycles. The number of rotatable bonds is 3. The molecule has 1 aromatic rings. The average molecular weight is 204 g/mol. The van der Waals surface area contributed by atoms with Crippen molar-refractivity contribution in [1.29, 1.82) is 0 Å². The van der Waals surface area contributed by atoms with Crippen molar-refractivity contribution in [1.82, 2.24) is 4.98 Å². The predicted octanol–water partition coefficient (Wildman–Crippen LogP) is 1.62. The van der Waals surface area contributed by atoms with Gasteiger partial charge >= 0.3 is 0 Å². The lowest BCUT2D eigenvalue weighted by Gasteiger charge is -2.19. The molecule has 0 radical (unpaired) electrons. The van der Waals surface area contributed by atoms with Gasteiger partial charge in [-0.05, 0) is 24.5 Å². The molecule has 3 heterocycles. The summed E-state index contributed by atoms with van der Waals surface area (Å²) in [4.78, 5) is 6.91. The van der Waals surface area contributed by atoms with E-state index in [2.05, 4.69) is 16.0 Å². The zero-order valence-electron chi connectivity index (χ0n) is 8.85. The molecule has 1 aromatic heterocycles. The molecule has 2 aliphatic heterocycles. The Morgan fingerprint density at radius 3 is 2.93 bits per heavy atom. The Balaban J connectivity index is 1.83. The second-order valence-electron chi connectivity index (χ2n) is 4.34. The highest BCUT2D eigenvalue weighted by Gasteiger charge is 2.25. The van der Waals surface area contributed by atoms with Gasteiger partial charge in [-0.15, -0.1) is 0 Å². The van der Waals surface area contributed by atoms with Crippen molar-refractivity contribution in [2.45, 2.75) is 25.4 Å². The Hall–Kier alpha value is -1.09. The maximum absolute atomic E-state index is 5.28. The van der Waals surface area contributed by atoms with Crippen LogP contribution in [0.3, 0.4) is 0 Å². The lowest BCUT2D eigenvalue weighted by Crippen LogP contribution is -2.21. The molecule has 0 bridgehead atoms. The van der Waals surface area contributed by atoms with Gasteiger partial charge in [0.25, 0.3) is 0 Å². The molecule has 3 rings (SSSR count). The van der Waals surface area contributed by atoms with E-state index in [1.807, 2.05) is 12.3 Å². The van der Waals surface area contributed by atoms with E-state index in [0.717, 1.165) is 26.1 Å². The van der Waals surface area contributed by atoms with Crippen molar-refractivity contribution in [3.05, 3.63) is 23.9 Å². The third-order valence-corrected chi connectivity index (χ3v) is 3.12. The first-order valence-corrected chi connectivity index (χ1v) is 5.74. The SMILES string of the molecule is c1cnc(N2CCCC2)c(CC2CO2)c1. The van der Waals surface area contributed by atoms with Crippen LogP contribution in [-0.2, 0) is 11.2 Å². The van der Waals surface area contributed by atoms with Gasteiger partial charge in [0.05, 0.1) is 12.7 Å². The topological polar surface area (TPSA) is 28.7 Å². The Morgan fingerprint density at radius 2 is 2.20 bits per heavy atom. The minimum Gasteiger partial charge on any atom is -0.373 e. The summed E-state index contributed by atoms with van der Waals surface area (Å²) in [6, 6.07) is 4.21. The van der Waals surface area contributed by atoms with E-state index in [1.165, 1.54) is 24.2 Å². The van der Waals surface area contributed by atoms with Crippen LogP contribution in [0.1, 0.15) is 18.4 Å². The van der Waals surface area contributed by atoms with E-state index in [-0.39, 0.29) is 0 Å². The number of epoxide rings is 1. The monoisotopic (exact) mass is 204 g/mol. The molecule has 0 aliphatic carbocycles. The maximum Gasteiger partial charge on any atom is 0.131 e. The van der Waals surface area contributed by atoms with Crippen LogP contribution in [0.2, 0.25) is 0 Å². The molecule has 0 aromatic carbocycles. The van der Waals surface area contributed by atoms with E-state index in [4.69, 9.17) is 4.74 Å². The number of nitrogens with zero attached hydrogens (tertiary/aromatic N) is 2. The number of ether oxygens (including phenoxy) is 1. The van der Waals surface area contributed by atoms with Gasteiger partial charge in [0.2, 0.25) is 0 Å². The van der Waals surface area contributed by atoms with Crippen molar-refractivity contribution in [3.8, 4) is 0 Å². The minimum absolute atomic E-state index is 0.454. The van der Waals surface area contributed by atoms with Crippen LogP contribution in [-0.4, -0.2) is 30.8 Å². The van der Waals surface area contributed by atoms with E-state index >= 15 is 0 Å². The van der Waals surface area contributed by atoms with Crippen LogP contribution >= 0.6 is 0 Å². The number of anilines is 1. The third-order valence-electron chi connectivity index (χ3n) is 3.12. The Bertz CT molecular complexity index is 343. The molecule has 3 heteroatoms. The van der Waals surface area contributed by atoms with E-state index in [9.17, 15) is 0 Å². The minimum atomic E-state index is 0.454. The molecule has 3 nitrogen and oxygen atoms in total. The summed E-state index contributed by atoms with van der Waals surface area (Å²) < 4.78 is 5.28. The largest absolute Gasteiger partial charge is 0.373 e. The van der Waals surface area contributed by atoms with Crippen molar-refractivity contribution in [2.24, 2.45) is 0 Å². The van der Waals surface area contributed by atoms with Gasteiger partial charge in [0.15, 0.2) is 0 Å². The van der Waals surface area contributed by atoms with Crippen molar-refractivity contribution in [2.75, 3.05) is 24.6 Å². The normalized spacial score (nSPS) is 24.5. The van der Waals surface area contributed by atoms with Crippen LogP contribution in [0.4, 0.5) is 5.82 Å². The number of pyridine rings is 1. The maximum atomic E-state index is 5.28. The highest BCUT2D eigenvalue weighted by Crippen LogP contribution is 2.25. The number of hydrogen-bond acceptors (Lipinski definition) is 3. The lowest BCUT2D eigenvalue weighted by molar-refractivity contribution is 0.407. The summed E-state index contributed by atoms with van der Waals surface area (Å²) in [5.41, 5.74) is 1.35. The van der Waals surface area contributed by atoms with E-state index in [0.29, 0.717) is 6.10 Å². The fourth-order valence-electron chi connectivity index (χ4n) is 2.23. The molecule has 1 unspecified atom stereocenters. The second kappa shape index (κ2) is 3.81. The fourth-order valence-corrected chi connectivity index (χ4v) is 2.23. The fraction of sp³-hybridized carbons (Fsp3) is 0.583. The van der Waals surface area contributed by atoms with Gasteiger partial charge in [-0.25, -0.2) is 4.98 Å². The lowest BCUT2D eigenvalue weighted by atomic mass is 10.1. The summed E-state index contributed by atoms with van der Waals surface area (Å²) in [6.45, 7) is 3.25. The van der Waals surface area contributed by atoms with Crippen LogP contribution < -0.4 is 4.90 Å². The Labute approximate surface area is 90.1 Å². The second-order valence-corrected chi connectivity index (χ2v) is 4.34. The standard InChI is InChI=1S/C12H16N2O/c1-2-7-14(6-1)12-10(4-3-5-13-12)8-11-9-15-11/h3-5,11H,1-2,6-9H2. The molecule has 15 heavy (non-hydrogen) atoms. The third kappa shape index (κ3) is 1.97. The van der Waals surface area contributed by atoms with E-state index in [1.54, 1.807) is 0 Å². The summed E-state index contributed by atoms with van der Waals surface area (Å²) in [5.74, 6) is 1.19. The van der Waals surface area contributed by atoms with Crippen molar-refractivity contribution >= 4 is 5.82 Å². The molecule has 0 N–H and O–H groups in total. The first-order chi connectivity index (χ1) is 7.43. The van der Waals surface area contributed by atoms with Gasteiger partial charge in [-0.1, -0.05) is 6.07 Å². The van der Waals surface area contributed by atoms with Gasteiger partial charge < -0.3 is 9.64 Å². The highest BCUT2D eigenvalue weighted by molar-refractivity contribution is 5.47. The van der Waals surface area contributed by atoms with Crippen LogP contribution in [0.15, 0.2) is 18.3 Å². The molecule has 2 aliphatic rings. The number of aromatic nitrogens is 1. The molecular formula is C12H16N2O. The molecule has 2 fully saturated rings. The van der Waals surface area contributed by atoms with Crippen LogP contribution in [0.5, 0.6) is 0 Å². The molecule has 0 spiro atoms. The summed E-state index contributed by atoms with van der Waals surface area (Å²) >= 11 is 0. The van der Waals surface area contributed by atoms with Gasteiger partial charge in [-0.3, -0.25) is 0 Å². The van der Waals surface area contributed by atoms with Crippen molar-refractivity contribution < 1.29 is 4.74 Å². The Kier molecular flexibility index (Phi) is 2.33. The molecule has 80 valence electrons. The molecule has 2 saturated heterocycles. The van der Waals surface area contributed by atoms with Gasteiger partial charge in [0.1, 0.15) is 5.82 Å². The smallest absolute Gasteiger partial charge is 0.131 e. The highest BCUT2D eigenvalue weighted by atomic mass is 16.6. The van der Waals surface area contributed by atoms with Gasteiger partial charge in [-0.2, -0.15) is 0 Å². The summed E-state index contributed by atoms with van der Waals surface area (Å²) in [5, 5.41) is 0. The molecule has 1 atom stereocenters. The predicted molar refractivity (Wildman–Crippen MR) is 59.1 cm³/mol. The van der Waals surface area contributed by atoms with Crippen molar-refractivity contribution in [3.63, 3.8) is 0 Å². The zero-order chi connectivity index (χ0) is 10.1. The van der Waals surface area contributed by atoms with Gasteiger partial charge in [0, 0.05) is 25.7 Å². The average Bonchev–Trinajstić information content (AvgIpc) is 2.93. The first-order valence-electron chi connectivity index (χ1n) is 5.74. The number of hydrogen-bond donors (Lipinski definition) is 0. The molecule has 0 amide bonds. The quantitative estimate of drug-likeness (QED) is 0.700. The summed E-state index contributed by atoms with van der Waals surface area (Å²) in [7, 11) is 0. The zero-order valence-corrected chi connectivity index (χ0v) is 8.85. The van der Waals surface area contributed by atoms with Crippen LogP contribution in [0.25, 0.3) is 0 Å². The first kappa shape index (κ1) is 9.16. The summed E-state index contributed by atoms with van der Waals surface area (Å²) in [6.07, 6.45) is 5.98. The Morgan fingerprint density at radius 1 is 1.40 bits per heavy atom. The molecular weight excluding hydrogens is 188 g/mol.